The van der Waals surface area contributed by atoms with Crippen molar-refractivity contribution in [3.05, 3.63) is 47.5 Å². The number of hydrogen-bond acceptors (Lipinski definition) is 5. The van der Waals surface area contributed by atoms with E-state index in [-0.39, 0.29) is 12.5 Å². The van der Waals surface area contributed by atoms with Crippen molar-refractivity contribution < 1.29 is 19.4 Å². The van der Waals surface area contributed by atoms with Crippen molar-refractivity contribution in [2.24, 2.45) is 0 Å². The first kappa shape index (κ1) is 15.2. The van der Waals surface area contributed by atoms with Crippen LogP contribution in [-0.2, 0) is 6.61 Å². The standard InChI is InChI=1S/C17H18N2O4/c1-22-12-4-6-16(11(7-12)9-20)19-10-18-15-5-3-13(23-2)8-14(15)17(19)21/h3-8,18,20H,9-10H2,1-2H3. The number of aliphatic hydroxyl groups excluding tert-OH is 1. The summed E-state index contributed by atoms with van der Waals surface area (Å²) >= 11 is 0. The molecule has 0 fully saturated rings. The van der Waals surface area contributed by atoms with E-state index in [0.29, 0.717) is 35.0 Å². The van der Waals surface area contributed by atoms with Crippen LogP contribution >= 0.6 is 0 Å². The highest BCUT2D eigenvalue weighted by molar-refractivity contribution is 6.12. The van der Waals surface area contributed by atoms with Crippen molar-refractivity contribution in [2.75, 3.05) is 31.1 Å². The zero-order valence-electron chi connectivity index (χ0n) is 13.0. The number of nitrogens with one attached hydrogen (secondary N) is 1. The number of hydrogen-bond donors (Lipinski definition) is 2. The molecule has 0 unspecified atom stereocenters. The van der Waals surface area contributed by atoms with Crippen molar-refractivity contribution in [1.29, 1.82) is 0 Å². The number of fused-ring (bicyclic) bond motifs is 1. The number of nitrogens with zero attached hydrogens (tertiary/aromatic N) is 1. The van der Waals surface area contributed by atoms with Crippen molar-refractivity contribution in [2.45, 2.75) is 6.61 Å². The minimum Gasteiger partial charge on any atom is -0.497 e. The van der Waals surface area contributed by atoms with Gasteiger partial charge in [0.05, 0.1) is 38.7 Å². The van der Waals surface area contributed by atoms with Crippen molar-refractivity contribution in [1.82, 2.24) is 0 Å². The van der Waals surface area contributed by atoms with Crippen LogP contribution in [-0.4, -0.2) is 31.9 Å². The number of rotatable bonds is 4. The largest absolute Gasteiger partial charge is 0.497 e. The zero-order chi connectivity index (χ0) is 16.4. The number of amides is 1. The summed E-state index contributed by atoms with van der Waals surface area (Å²) in [6.07, 6.45) is 0. The fraction of sp³-hybridized carbons (Fsp3) is 0.235. The Balaban J connectivity index is 2.00. The zero-order valence-corrected chi connectivity index (χ0v) is 13.0. The van der Waals surface area contributed by atoms with Crippen LogP contribution in [0, 0.1) is 0 Å². The summed E-state index contributed by atoms with van der Waals surface area (Å²) in [5.41, 5.74) is 2.59. The van der Waals surface area contributed by atoms with Gasteiger partial charge in [0.25, 0.3) is 5.91 Å². The van der Waals surface area contributed by atoms with E-state index >= 15 is 0 Å². The summed E-state index contributed by atoms with van der Waals surface area (Å²) in [4.78, 5) is 14.4. The van der Waals surface area contributed by atoms with Gasteiger partial charge in [0.2, 0.25) is 0 Å². The Morgan fingerprint density at radius 2 is 1.83 bits per heavy atom. The van der Waals surface area contributed by atoms with E-state index in [1.165, 1.54) is 0 Å². The van der Waals surface area contributed by atoms with Gasteiger partial charge in [-0.15, -0.1) is 0 Å². The average Bonchev–Trinajstić information content (AvgIpc) is 2.61. The van der Waals surface area contributed by atoms with E-state index in [0.717, 1.165) is 5.69 Å². The van der Waals surface area contributed by atoms with Gasteiger partial charge in [-0.25, -0.2) is 0 Å². The minimum absolute atomic E-state index is 0.141. The van der Waals surface area contributed by atoms with E-state index in [4.69, 9.17) is 9.47 Å². The molecule has 6 nitrogen and oxygen atoms in total. The number of ether oxygens (including phenoxy) is 2. The molecule has 0 saturated heterocycles. The number of carbonyl (C=O) groups excluding carboxylic acids is 1. The second kappa shape index (κ2) is 6.18. The molecule has 120 valence electrons. The number of anilines is 2. The summed E-state index contributed by atoms with van der Waals surface area (Å²) in [6.45, 7) is 0.152. The van der Waals surface area contributed by atoms with Crippen LogP contribution in [0.3, 0.4) is 0 Å². The number of methoxy groups -OCH3 is 2. The molecule has 1 amide bonds. The van der Waals surface area contributed by atoms with Crippen molar-refractivity contribution >= 4 is 17.3 Å². The van der Waals surface area contributed by atoms with Gasteiger partial charge in [-0.2, -0.15) is 0 Å². The molecule has 2 aromatic carbocycles. The Morgan fingerprint density at radius 3 is 2.52 bits per heavy atom. The molecule has 0 aliphatic carbocycles. The molecule has 0 aromatic heterocycles. The summed E-state index contributed by atoms with van der Waals surface area (Å²) in [5.74, 6) is 1.12. The predicted molar refractivity (Wildman–Crippen MR) is 87.2 cm³/mol. The summed E-state index contributed by atoms with van der Waals surface area (Å²) in [7, 11) is 3.12. The molecule has 0 radical (unpaired) electrons. The smallest absolute Gasteiger partial charge is 0.261 e. The highest BCUT2D eigenvalue weighted by Gasteiger charge is 2.27. The van der Waals surface area contributed by atoms with Crippen LogP contribution in [0.25, 0.3) is 0 Å². The van der Waals surface area contributed by atoms with Gasteiger partial charge in [0, 0.05) is 11.3 Å². The van der Waals surface area contributed by atoms with Gasteiger partial charge in [0.1, 0.15) is 11.5 Å². The molecule has 0 spiro atoms. The Kier molecular flexibility index (Phi) is 4.08. The van der Waals surface area contributed by atoms with Gasteiger partial charge < -0.3 is 19.9 Å². The Labute approximate surface area is 134 Å². The lowest BCUT2D eigenvalue weighted by molar-refractivity contribution is 0.0985. The fourth-order valence-electron chi connectivity index (χ4n) is 2.64. The lowest BCUT2D eigenvalue weighted by Gasteiger charge is -2.31. The second-order valence-electron chi connectivity index (χ2n) is 5.13. The molecule has 0 saturated carbocycles. The molecule has 1 heterocycles. The third kappa shape index (κ3) is 2.68. The van der Waals surface area contributed by atoms with Crippen molar-refractivity contribution in [3.8, 4) is 11.5 Å². The van der Waals surface area contributed by atoms with Gasteiger partial charge in [-0.05, 0) is 36.4 Å². The molecule has 0 bridgehead atoms. The van der Waals surface area contributed by atoms with E-state index in [1.807, 2.05) is 6.07 Å². The lowest BCUT2D eigenvalue weighted by Crippen LogP contribution is -2.40. The Morgan fingerprint density at radius 1 is 1.13 bits per heavy atom. The molecule has 2 aromatic rings. The monoisotopic (exact) mass is 314 g/mol. The Hall–Kier alpha value is -2.73. The maximum atomic E-state index is 12.8. The van der Waals surface area contributed by atoms with Gasteiger partial charge in [0.15, 0.2) is 0 Å². The van der Waals surface area contributed by atoms with E-state index < -0.39 is 0 Å². The first-order chi connectivity index (χ1) is 11.2. The molecular formula is C17H18N2O4. The van der Waals surface area contributed by atoms with Crippen LogP contribution in [0.2, 0.25) is 0 Å². The summed E-state index contributed by atoms with van der Waals surface area (Å²) in [6, 6.07) is 10.6. The number of carbonyl (C=O) groups is 1. The molecule has 1 aliphatic heterocycles. The maximum absolute atomic E-state index is 12.8. The van der Waals surface area contributed by atoms with Gasteiger partial charge in [-0.1, -0.05) is 0 Å². The minimum atomic E-state index is -0.179. The van der Waals surface area contributed by atoms with Crippen LogP contribution in [0.4, 0.5) is 11.4 Å². The first-order valence-corrected chi connectivity index (χ1v) is 7.19. The van der Waals surface area contributed by atoms with E-state index in [9.17, 15) is 9.90 Å². The SMILES string of the molecule is COc1ccc(N2CNc3ccc(OC)cc3C2=O)c(CO)c1. The quantitative estimate of drug-likeness (QED) is 0.905. The van der Waals surface area contributed by atoms with E-state index in [2.05, 4.69) is 5.32 Å². The predicted octanol–water partition coefficient (Wildman–Crippen LogP) is 2.23. The average molecular weight is 314 g/mol. The topological polar surface area (TPSA) is 71.0 Å². The molecule has 3 rings (SSSR count). The van der Waals surface area contributed by atoms with Crippen LogP contribution < -0.4 is 19.7 Å². The third-order valence-electron chi connectivity index (χ3n) is 3.88. The van der Waals surface area contributed by atoms with Gasteiger partial charge >= 0.3 is 0 Å². The van der Waals surface area contributed by atoms with Crippen LogP contribution in [0.1, 0.15) is 15.9 Å². The van der Waals surface area contributed by atoms with Crippen molar-refractivity contribution in [3.63, 3.8) is 0 Å². The normalized spacial score (nSPS) is 13.3. The molecule has 23 heavy (non-hydrogen) atoms. The lowest BCUT2D eigenvalue weighted by atomic mass is 10.1. The number of aliphatic hydroxyl groups is 1. The molecule has 0 atom stereocenters. The van der Waals surface area contributed by atoms with Crippen LogP contribution in [0.15, 0.2) is 36.4 Å². The summed E-state index contributed by atoms with van der Waals surface area (Å²) in [5, 5.41) is 12.8. The molecule has 1 aliphatic rings. The maximum Gasteiger partial charge on any atom is 0.261 e. The summed E-state index contributed by atoms with van der Waals surface area (Å²) < 4.78 is 10.4. The molecular weight excluding hydrogens is 296 g/mol. The van der Waals surface area contributed by atoms with Crippen LogP contribution in [0.5, 0.6) is 11.5 Å². The fourth-order valence-corrected chi connectivity index (χ4v) is 2.64. The highest BCUT2D eigenvalue weighted by atomic mass is 16.5. The molecule has 2 N–H and O–H groups in total. The number of benzene rings is 2. The third-order valence-corrected chi connectivity index (χ3v) is 3.88. The second-order valence-corrected chi connectivity index (χ2v) is 5.13. The Bertz CT molecular complexity index is 745. The first-order valence-electron chi connectivity index (χ1n) is 7.19. The highest BCUT2D eigenvalue weighted by Crippen LogP contribution is 2.32. The molecule has 6 heteroatoms. The van der Waals surface area contributed by atoms with Gasteiger partial charge in [-0.3, -0.25) is 9.69 Å². The van der Waals surface area contributed by atoms with E-state index in [1.54, 1.807) is 49.5 Å².